The number of aliphatic hydroxyl groups excluding tert-OH is 1. The molecule has 1 atom stereocenters. The molecule has 1 fully saturated rings. The second-order valence-electron chi connectivity index (χ2n) is 6.75. The molecular weight excluding hydrogens is 266 g/mol. The van der Waals surface area contributed by atoms with Gasteiger partial charge in [-0.15, -0.1) is 0 Å². The molecule has 2 N–H and O–H groups in total. The Bertz CT molecular complexity index is 490. The molecule has 0 spiro atoms. The number of amides is 1. The molecule has 118 valence electrons. The SMILES string of the molecule is CC(C)CC(O)CNC(=O)c1cnn(C(C)C)c1C1CC1. The van der Waals surface area contributed by atoms with Crippen molar-refractivity contribution in [2.24, 2.45) is 5.92 Å². The van der Waals surface area contributed by atoms with E-state index in [1.165, 1.54) is 0 Å². The summed E-state index contributed by atoms with van der Waals surface area (Å²) in [5.41, 5.74) is 1.73. The molecule has 0 bridgehead atoms. The molecule has 0 radical (unpaired) electrons. The molecule has 0 aromatic carbocycles. The number of hydrogen-bond acceptors (Lipinski definition) is 3. The molecule has 21 heavy (non-hydrogen) atoms. The zero-order valence-corrected chi connectivity index (χ0v) is 13.5. The molecule has 1 aliphatic rings. The van der Waals surface area contributed by atoms with Crippen molar-refractivity contribution in [3.8, 4) is 0 Å². The van der Waals surface area contributed by atoms with E-state index in [-0.39, 0.29) is 11.9 Å². The van der Waals surface area contributed by atoms with Gasteiger partial charge in [-0.3, -0.25) is 9.48 Å². The van der Waals surface area contributed by atoms with E-state index in [9.17, 15) is 9.90 Å². The molecule has 5 heteroatoms. The van der Waals surface area contributed by atoms with E-state index >= 15 is 0 Å². The van der Waals surface area contributed by atoms with Gasteiger partial charge in [-0.25, -0.2) is 0 Å². The van der Waals surface area contributed by atoms with Gasteiger partial charge in [0.15, 0.2) is 0 Å². The lowest BCUT2D eigenvalue weighted by Crippen LogP contribution is -2.33. The first-order valence-corrected chi connectivity index (χ1v) is 7.93. The monoisotopic (exact) mass is 293 g/mol. The Morgan fingerprint density at radius 3 is 2.62 bits per heavy atom. The summed E-state index contributed by atoms with van der Waals surface area (Å²) in [7, 11) is 0. The van der Waals surface area contributed by atoms with Crippen molar-refractivity contribution < 1.29 is 9.90 Å². The van der Waals surface area contributed by atoms with Gasteiger partial charge >= 0.3 is 0 Å². The van der Waals surface area contributed by atoms with E-state index in [4.69, 9.17) is 0 Å². The third-order valence-corrected chi connectivity index (χ3v) is 3.77. The fourth-order valence-corrected chi connectivity index (χ4v) is 2.66. The fourth-order valence-electron chi connectivity index (χ4n) is 2.66. The highest BCUT2D eigenvalue weighted by Crippen LogP contribution is 2.42. The minimum absolute atomic E-state index is 0.119. The Balaban J connectivity index is 2.02. The Kier molecular flexibility index (Phi) is 5.04. The number of nitrogens with one attached hydrogen (secondary N) is 1. The van der Waals surface area contributed by atoms with E-state index in [1.807, 2.05) is 4.68 Å². The molecule has 1 heterocycles. The highest BCUT2D eigenvalue weighted by atomic mass is 16.3. The first-order valence-electron chi connectivity index (χ1n) is 7.93. The van der Waals surface area contributed by atoms with Gasteiger partial charge in [0.25, 0.3) is 5.91 Å². The smallest absolute Gasteiger partial charge is 0.254 e. The number of carbonyl (C=O) groups is 1. The van der Waals surface area contributed by atoms with Crippen LogP contribution in [-0.4, -0.2) is 33.4 Å². The lowest BCUT2D eigenvalue weighted by Gasteiger charge is -2.15. The molecule has 0 aliphatic heterocycles. The van der Waals surface area contributed by atoms with Crippen molar-refractivity contribution in [2.45, 2.75) is 65.0 Å². The Morgan fingerprint density at radius 1 is 1.43 bits per heavy atom. The molecule has 1 aromatic rings. The molecule has 5 nitrogen and oxygen atoms in total. The third kappa shape index (κ3) is 4.06. The van der Waals surface area contributed by atoms with Gasteiger partial charge in [-0.2, -0.15) is 5.10 Å². The summed E-state index contributed by atoms with van der Waals surface area (Å²) in [6, 6.07) is 0.258. The lowest BCUT2D eigenvalue weighted by atomic mass is 10.1. The fraction of sp³-hybridized carbons (Fsp3) is 0.750. The first kappa shape index (κ1) is 16.0. The number of hydrogen-bond donors (Lipinski definition) is 2. The topological polar surface area (TPSA) is 67.2 Å². The van der Waals surface area contributed by atoms with E-state index in [1.54, 1.807) is 6.20 Å². The van der Waals surface area contributed by atoms with Crippen molar-refractivity contribution in [1.82, 2.24) is 15.1 Å². The van der Waals surface area contributed by atoms with Crippen LogP contribution in [0.25, 0.3) is 0 Å². The van der Waals surface area contributed by atoms with Gasteiger partial charge in [0, 0.05) is 18.5 Å². The minimum atomic E-state index is -0.488. The number of carbonyl (C=O) groups excluding carboxylic acids is 1. The van der Waals surface area contributed by atoms with Gasteiger partial charge in [0.2, 0.25) is 0 Å². The van der Waals surface area contributed by atoms with Gasteiger partial charge in [0.05, 0.1) is 23.6 Å². The zero-order valence-electron chi connectivity index (χ0n) is 13.5. The van der Waals surface area contributed by atoms with Crippen molar-refractivity contribution in [2.75, 3.05) is 6.54 Å². The van der Waals surface area contributed by atoms with Crippen LogP contribution in [0.2, 0.25) is 0 Å². The Labute approximate surface area is 126 Å². The summed E-state index contributed by atoms with van der Waals surface area (Å²) in [5.74, 6) is 0.769. The normalized spacial score (nSPS) is 16.5. The van der Waals surface area contributed by atoms with Gasteiger partial charge < -0.3 is 10.4 Å². The molecule has 0 saturated heterocycles. The number of aliphatic hydroxyl groups is 1. The number of aromatic nitrogens is 2. The maximum Gasteiger partial charge on any atom is 0.254 e. The summed E-state index contributed by atoms with van der Waals surface area (Å²) in [5, 5.41) is 17.1. The van der Waals surface area contributed by atoms with Crippen LogP contribution in [0.5, 0.6) is 0 Å². The maximum absolute atomic E-state index is 12.3. The van der Waals surface area contributed by atoms with Crippen LogP contribution < -0.4 is 5.32 Å². The van der Waals surface area contributed by atoms with Crippen molar-refractivity contribution in [3.05, 3.63) is 17.5 Å². The molecule has 1 amide bonds. The first-order chi connectivity index (χ1) is 9.90. The van der Waals surface area contributed by atoms with Crippen LogP contribution in [0.4, 0.5) is 0 Å². The van der Waals surface area contributed by atoms with Crippen LogP contribution in [0, 0.1) is 5.92 Å². The van der Waals surface area contributed by atoms with Crippen LogP contribution in [0.1, 0.15) is 75.0 Å². The van der Waals surface area contributed by atoms with E-state index in [0.29, 0.717) is 30.4 Å². The summed E-state index contributed by atoms with van der Waals surface area (Å²) in [6.07, 6.45) is 4.14. The molecule has 1 aliphatic carbocycles. The van der Waals surface area contributed by atoms with Crippen molar-refractivity contribution in [3.63, 3.8) is 0 Å². The third-order valence-electron chi connectivity index (χ3n) is 3.77. The van der Waals surface area contributed by atoms with Crippen molar-refractivity contribution >= 4 is 5.91 Å². The van der Waals surface area contributed by atoms with E-state index in [2.05, 4.69) is 38.1 Å². The van der Waals surface area contributed by atoms with Crippen LogP contribution in [-0.2, 0) is 0 Å². The number of nitrogens with zero attached hydrogens (tertiary/aromatic N) is 2. The predicted molar refractivity (Wildman–Crippen MR) is 82.4 cm³/mol. The highest BCUT2D eigenvalue weighted by Gasteiger charge is 2.33. The van der Waals surface area contributed by atoms with Gasteiger partial charge in [-0.1, -0.05) is 13.8 Å². The van der Waals surface area contributed by atoms with Crippen LogP contribution >= 0.6 is 0 Å². The van der Waals surface area contributed by atoms with Crippen molar-refractivity contribution in [1.29, 1.82) is 0 Å². The average Bonchev–Trinajstić information content (AvgIpc) is 3.13. The molecule has 1 unspecified atom stereocenters. The summed E-state index contributed by atoms with van der Waals surface area (Å²) >= 11 is 0. The Hall–Kier alpha value is -1.36. The number of rotatable bonds is 7. The van der Waals surface area contributed by atoms with E-state index < -0.39 is 6.10 Å². The largest absolute Gasteiger partial charge is 0.391 e. The lowest BCUT2D eigenvalue weighted by molar-refractivity contribution is 0.0899. The zero-order chi connectivity index (χ0) is 15.6. The molecular formula is C16H27N3O2. The second kappa shape index (κ2) is 6.60. The van der Waals surface area contributed by atoms with Gasteiger partial charge in [0.1, 0.15) is 0 Å². The maximum atomic E-state index is 12.3. The van der Waals surface area contributed by atoms with Gasteiger partial charge in [-0.05, 0) is 39.0 Å². The quantitative estimate of drug-likeness (QED) is 0.811. The molecule has 1 aromatic heterocycles. The molecule has 2 rings (SSSR count). The summed E-state index contributed by atoms with van der Waals surface area (Å²) in [6.45, 7) is 8.57. The standard InChI is InChI=1S/C16H27N3O2/c1-10(2)7-13(20)8-17-16(21)14-9-18-19(11(3)4)15(14)12-5-6-12/h9-13,20H,5-8H2,1-4H3,(H,17,21). The average molecular weight is 293 g/mol. The van der Waals surface area contributed by atoms with Crippen LogP contribution in [0.15, 0.2) is 6.20 Å². The second-order valence-corrected chi connectivity index (χ2v) is 6.75. The predicted octanol–water partition coefficient (Wildman–Crippen LogP) is 2.48. The van der Waals surface area contributed by atoms with Crippen LogP contribution in [0.3, 0.4) is 0 Å². The summed E-state index contributed by atoms with van der Waals surface area (Å²) in [4.78, 5) is 12.3. The highest BCUT2D eigenvalue weighted by molar-refractivity contribution is 5.95. The minimum Gasteiger partial charge on any atom is -0.391 e. The Morgan fingerprint density at radius 2 is 2.10 bits per heavy atom. The van der Waals surface area contributed by atoms with E-state index in [0.717, 1.165) is 18.5 Å². The summed E-state index contributed by atoms with van der Waals surface area (Å²) < 4.78 is 1.96. The molecule has 1 saturated carbocycles.